The van der Waals surface area contributed by atoms with Gasteiger partial charge in [-0.15, -0.1) is 0 Å². The molecule has 1 amide bonds. The number of aliphatic hydroxyl groups is 1. The normalized spacial score (nSPS) is 21.8. The number of carbonyl (C=O) groups excluding carboxylic acids is 1. The minimum Gasteiger partial charge on any atom is -0.385 e. The minimum atomic E-state index is -1.14. The molecule has 0 spiro atoms. The van der Waals surface area contributed by atoms with Gasteiger partial charge in [-0.1, -0.05) is 67.4 Å². The van der Waals surface area contributed by atoms with Gasteiger partial charge in [-0.25, -0.2) is 0 Å². The molecule has 7 heteroatoms. The fourth-order valence-corrected chi connectivity index (χ4v) is 6.89. The number of halogens is 2. The molecule has 1 saturated carbocycles. The van der Waals surface area contributed by atoms with E-state index in [0.29, 0.717) is 47.5 Å². The fraction of sp³-hybridized carbons (Fsp3) is 0.759. The molecule has 1 aliphatic heterocycles. The molecule has 5 nitrogen and oxygen atoms in total. The number of carbonyl (C=O) groups is 1. The van der Waals surface area contributed by atoms with Gasteiger partial charge >= 0.3 is 0 Å². The van der Waals surface area contributed by atoms with Crippen molar-refractivity contribution in [2.24, 2.45) is 17.8 Å². The summed E-state index contributed by atoms with van der Waals surface area (Å²) in [7, 11) is 3.67. The maximum Gasteiger partial charge on any atom is 0.222 e. The molecule has 0 bridgehead atoms. The van der Waals surface area contributed by atoms with Gasteiger partial charge in [0, 0.05) is 44.7 Å². The van der Waals surface area contributed by atoms with Gasteiger partial charge in [0.15, 0.2) is 0 Å². The van der Waals surface area contributed by atoms with Gasteiger partial charge in [-0.05, 0) is 70.0 Å². The van der Waals surface area contributed by atoms with Crippen LogP contribution in [0.4, 0.5) is 0 Å². The summed E-state index contributed by atoms with van der Waals surface area (Å²) < 4.78 is 5.22. The predicted octanol–water partition coefficient (Wildman–Crippen LogP) is 6.43. The van der Waals surface area contributed by atoms with Crippen LogP contribution in [0.5, 0.6) is 0 Å². The smallest absolute Gasteiger partial charge is 0.222 e. The van der Waals surface area contributed by atoms with E-state index in [0.717, 1.165) is 51.1 Å². The number of nitrogens with zero attached hydrogens (tertiary/aromatic N) is 1. The van der Waals surface area contributed by atoms with E-state index in [1.54, 1.807) is 13.2 Å². The van der Waals surface area contributed by atoms with Gasteiger partial charge in [0.1, 0.15) is 0 Å². The second-order valence-corrected chi connectivity index (χ2v) is 11.8. The first-order valence-corrected chi connectivity index (χ1v) is 14.7. The average Bonchev–Trinajstić information content (AvgIpc) is 2.89. The van der Waals surface area contributed by atoms with Gasteiger partial charge in [0.05, 0.1) is 15.6 Å². The maximum atomic E-state index is 13.5. The summed E-state index contributed by atoms with van der Waals surface area (Å²) in [5.74, 6) is 1.24. The van der Waals surface area contributed by atoms with Crippen molar-refractivity contribution in [3.63, 3.8) is 0 Å². The van der Waals surface area contributed by atoms with Crippen molar-refractivity contribution in [2.75, 3.05) is 40.4 Å². The van der Waals surface area contributed by atoms with Crippen LogP contribution in [0.1, 0.15) is 82.6 Å². The second kappa shape index (κ2) is 14.9. The molecule has 0 aromatic heterocycles. The van der Waals surface area contributed by atoms with Crippen molar-refractivity contribution in [3.05, 3.63) is 33.8 Å². The number of amides is 1. The van der Waals surface area contributed by atoms with Gasteiger partial charge in [0.25, 0.3) is 0 Å². The van der Waals surface area contributed by atoms with E-state index in [2.05, 4.69) is 5.32 Å². The molecule has 0 radical (unpaired) electrons. The van der Waals surface area contributed by atoms with Crippen molar-refractivity contribution in [1.82, 2.24) is 10.2 Å². The SMILES string of the molecule is CNC[C@@H](CC(=O)N1CCC[C@@H]([C@@](O)(CCCCOC)c2cccc(Cl)c2Cl)C1)CC1CCCCC1. The minimum absolute atomic E-state index is 0.0881. The summed E-state index contributed by atoms with van der Waals surface area (Å²) in [5, 5.41) is 16.3. The zero-order valence-corrected chi connectivity index (χ0v) is 23.8. The van der Waals surface area contributed by atoms with E-state index in [4.69, 9.17) is 27.9 Å². The predicted molar refractivity (Wildman–Crippen MR) is 149 cm³/mol. The topological polar surface area (TPSA) is 61.8 Å². The third-order valence-corrected chi connectivity index (χ3v) is 9.19. The number of ether oxygens (including phenoxy) is 1. The van der Waals surface area contributed by atoms with E-state index >= 15 is 0 Å². The Hall–Kier alpha value is -0.850. The number of hydrogen-bond acceptors (Lipinski definition) is 4. The third-order valence-electron chi connectivity index (χ3n) is 8.37. The first-order valence-electron chi connectivity index (χ1n) is 14.0. The Labute approximate surface area is 228 Å². The number of hydrogen-bond donors (Lipinski definition) is 2. The van der Waals surface area contributed by atoms with Crippen molar-refractivity contribution in [2.45, 2.75) is 82.7 Å². The van der Waals surface area contributed by atoms with E-state index in [-0.39, 0.29) is 11.8 Å². The summed E-state index contributed by atoms with van der Waals surface area (Å²) in [6.07, 6.45) is 12.3. The Bertz CT molecular complexity index is 818. The van der Waals surface area contributed by atoms with Crippen molar-refractivity contribution >= 4 is 29.1 Å². The zero-order valence-electron chi connectivity index (χ0n) is 22.2. The summed E-state index contributed by atoms with van der Waals surface area (Å²) in [6, 6.07) is 5.49. The molecular formula is C29H46Cl2N2O3. The molecule has 1 saturated heterocycles. The highest BCUT2D eigenvalue weighted by Gasteiger charge is 2.42. The second-order valence-electron chi connectivity index (χ2n) is 11.0. The Morgan fingerprint density at radius 1 is 1.19 bits per heavy atom. The number of methoxy groups -OCH3 is 1. The van der Waals surface area contributed by atoms with Gasteiger partial charge in [-0.3, -0.25) is 4.79 Å². The highest BCUT2D eigenvalue weighted by atomic mass is 35.5. The molecule has 1 heterocycles. The fourth-order valence-electron chi connectivity index (χ4n) is 6.43. The van der Waals surface area contributed by atoms with Crippen LogP contribution in [0.15, 0.2) is 18.2 Å². The Morgan fingerprint density at radius 2 is 1.97 bits per heavy atom. The summed E-state index contributed by atoms with van der Waals surface area (Å²) in [4.78, 5) is 15.5. The molecule has 0 unspecified atom stereocenters. The largest absolute Gasteiger partial charge is 0.385 e. The van der Waals surface area contributed by atoms with Crippen LogP contribution >= 0.6 is 23.2 Å². The van der Waals surface area contributed by atoms with Gasteiger partial charge in [-0.2, -0.15) is 0 Å². The highest BCUT2D eigenvalue weighted by Crippen LogP contribution is 2.44. The first-order chi connectivity index (χ1) is 17.4. The van der Waals surface area contributed by atoms with Crippen LogP contribution in [-0.2, 0) is 15.1 Å². The van der Waals surface area contributed by atoms with Gasteiger partial charge in [0.2, 0.25) is 5.91 Å². The van der Waals surface area contributed by atoms with Crippen LogP contribution in [0.3, 0.4) is 0 Å². The lowest BCUT2D eigenvalue weighted by atomic mass is 9.74. The lowest BCUT2D eigenvalue weighted by Gasteiger charge is -2.43. The van der Waals surface area contributed by atoms with Crippen LogP contribution in [0.25, 0.3) is 0 Å². The molecule has 2 aliphatic rings. The highest BCUT2D eigenvalue weighted by molar-refractivity contribution is 6.42. The summed E-state index contributed by atoms with van der Waals surface area (Å²) in [5.41, 5.74) is -0.458. The monoisotopic (exact) mass is 540 g/mol. The molecule has 1 aromatic rings. The van der Waals surface area contributed by atoms with Crippen molar-refractivity contribution in [3.8, 4) is 0 Å². The maximum absolute atomic E-state index is 13.5. The molecule has 3 atom stereocenters. The van der Waals surface area contributed by atoms with Crippen LogP contribution in [-0.4, -0.2) is 56.3 Å². The molecule has 2 N–H and O–H groups in total. The summed E-state index contributed by atoms with van der Waals surface area (Å²) >= 11 is 13.0. The Kier molecular flexibility index (Phi) is 12.3. The number of nitrogens with one attached hydrogen (secondary N) is 1. The van der Waals surface area contributed by atoms with Crippen LogP contribution < -0.4 is 5.32 Å². The van der Waals surface area contributed by atoms with Crippen LogP contribution in [0, 0.1) is 17.8 Å². The van der Waals surface area contributed by atoms with Crippen LogP contribution in [0.2, 0.25) is 10.0 Å². The van der Waals surface area contributed by atoms with Gasteiger partial charge < -0.3 is 20.1 Å². The molecule has 1 aliphatic carbocycles. The first kappa shape index (κ1) is 29.7. The molecule has 3 rings (SSSR count). The quantitative estimate of drug-likeness (QED) is 0.283. The van der Waals surface area contributed by atoms with E-state index in [1.165, 1.54) is 32.1 Å². The van der Waals surface area contributed by atoms with Crippen molar-refractivity contribution in [1.29, 1.82) is 0 Å². The third kappa shape index (κ3) is 8.07. The van der Waals surface area contributed by atoms with E-state index in [1.807, 2.05) is 24.1 Å². The van der Waals surface area contributed by atoms with E-state index < -0.39 is 5.60 Å². The summed E-state index contributed by atoms with van der Waals surface area (Å²) in [6.45, 7) is 2.84. The lowest BCUT2D eigenvalue weighted by Crippen LogP contribution is -2.48. The Balaban J connectivity index is 1.72. The Morgan fingerprint density at radius 3 is 2.69 bits per heavy atom. The number of likely N-dealkylation sites (tertiary alicyclic amines) is 1. The standard InChI is InChI=1S/C29H46Cl2N2O3/c1-32-20-23(18-22-10-4-3-5-11-22)19-27(34)33-16-9-12-24(21-33)29(35,15-6-7-17-36-2)25-13-8-14-26(30)28(25)31/h8,13-14,22-24,32,35H,3-7,9-12,15-21H2,1-2H3/t23-,24-,29+/m1/s1. The molecule has 36 heavy (non-hydrogen) atoms. The zero-order chi connectivity index (χ0) is 26.0. The molecule has 2 fully saturated rings. The number of rotatable bonds is 13. The number of benzene rings is 1. The van der Waals surface area contributed by atoms with Crippen molar-refractivity contribution < 1.29 is 14.6 Å². The molecular weight excluding hydrogens is 495 g/mol. The molecule has 204 valence electrons. The number of unbranched alkanes of at least 4 members (excludes halogenated alkanes) is 1. The molecule has 1 aromatic carbocycles. The lowest BCUT2D eigenvalue weighted by molar-refractivity contribution is -0.138. The average molecular weight is 542 g/mol. The van der Waals surface area contributed by atoms with E-state index in [9.17, 15) is 9.90 Å². The number of piperidine rings is 1.